The van der Waals surface area contributed by atoms with Gasteiger partial charge in [0, 0.05) is 5.69 Å². The molecule has 1 saturated carbocycles. The third-order valence-electron chi connectivity index (χ3n) is 3.42. The van der Waals surface area contributed by atoms with Crippen LogP contribution in [0.2, 0.25) is 0 Å². The van der Waals surface area contributed by atoms with E-state index < -0.39 is 5.41 Å². The number of amides is 1. The Bertz CT molecular complexity index is 449. The fraction of sp³-hybridized carbons (Fsp3) is 0.385. The second-order valence-corrected chi connectivity index (χ2v) is 4.45. The summed E-state index contributed by atoms with van der Waals surface area (Å²) in [7, 11) is 0. The van der Waals surface area contributed by atoms with Crippen molar-refractivity contribution < 1.29 is 14.0 Å². The van der Waals surface area contributed by atoms with E-state index >= 15 is 0 Å². The number of nitrogens with one attached hydrogen (secondary N) is 1. The number of Topliss-reactive ketones (excluding diaryl/α,β-unsaturated/α-hetero) is 1. The highest BCUT2D eigenvalue weighted by molar-refractivity contribution is 6.11. The first-order valence-electron chi connectivity index (χ1n) is 5.63. The van der Waals surface area contributed by atoms with Crippen molar-refractivity contribution in [1.29, 1.82) is 0 Å². The lowest BCUT2D eigenvalue weighted by atomic mass is 9.65. The summed E-state index contributed by atoms with van der Waals surface area (Å²) in [5.74, 6) is -0.723. The Balaban J connectivity index is 2.11. The first kappa shape index (κ1) is 11.8. The zero-order valence-corrected chi connectivity index (χ0v) is 9.63. The van der Waals surface area contributed by atoms with E-state index in [0.29, 0.717) is 18.5 Å². The topological polar surface area (TPSA) is 46.2 Å². The summed E-state index contributed by atoms with van der Waals surface area (Å²) >= 11 is 0. The van der Waals surface area contributed by atoms with Crippen LogP contribution in [0, 0.1) is 11.2 Å². The molecular weight excluding hydrogens is 221 g/mol. The average molecular weight is 235 g/mol. The third kappa shape index (κ3) is 2.07. The summed E-state index contributed by atoms with van der Waals surface area (Å²) < 4.78 is 12.7. The molecule has 0 atom stereocenters. The van der Waals surface area contributed by atoms with Gasteiger partial charge in [-0.05, 0) is 44.0 Å². The molecule has 3 nitrogen and oxygen atoms in total. The molecule has 0 spiro atoms. The van der Waals surface area contributed by atoms with Gasteiger partial charge in [-0.15, -0.1) is 0 Å². The van der Waals surface area contributed by atoms with Crippen LogP contribution in [0.15, 0.2) is 24.3 Å². The van der Waals surface area contributed by atoms with Gasteiger partial charge in [-0.25, -0.2) is 4.39 Å². The third-order valence-corrected chi connectivity index (χ3v) is 3.42. The molecule has 1 aromatic rings. The van der Waals surface area contributed by atoms with E-state index in [0.717, 1.165) is 6.42 Å². The smallest absolute Gasteiger partial charge is 0.238 e. The number of hydrogen-bond acceptors (Lipinski definition) is 2. The molecule has 17 heavy (non-hydrogen) atoms. The molecule has 1 fully saturated rings. The summed E-state index contributed by atoms with van der Waals surface area (Å²) in [6, 6.07) is 5.52. The first-order valence-corrected chi connectivity index (χ1v) is 5.63. The van der Waals surface area contributed by atoms with Crippen LogP contribution in [0.3, 0.4) is 0 Å². The molecule has 4 heteroatoms. The Morgan fingerprint density at radius 2 is 1.82 bits per heavy atom. The summed E-state index contributed by atoms with van der Waals surface area (Å²) in [4.78, 5) is 23.5. The maximum absolute atomic E-state index is 12.7. The van der Waals surface area contributed by atoms with Crippen molar-refractivity contribution in [2.24, 2.45) is 5.41 Å². The predicted molar refractivity (Wildman–Crippen MR) is 62.0 cm³/mol. The summed E-state index contributed by atoms with van der Waals surface area (Å²) in [5, 5.41) is 2.67. The van der Waals surface area contributed by atoms with Gasteiger partial charge in [0.25, 0.3) is 0 Å². The Morgan fingerprint density at radius 3 is 2.24 bits per heavy atom. The highest BCUT2D eigenvalue weighted by atomic mass is 19.1. The maximum Gasteiger partial charge on any atom is 0.238 e. The van der Waals surface area contributed by atoms with Crippen LogP contribution in [-0.4, -0.2) is 11.7 Å². The van der Waals surface area contributed by atoms with Crippen LogP contribution >= 0.6 is 0 Å². The number of carbonyl (C=O) groups excluding carboxylic acids is 2. The fourth-order valence-corrected chi connectivity index (χ4v) is 2.05. The molecule has 90 valence electrons. The lowest BCUT2D eigenvalue weighted by Crippen LogP contribution is -2.47. The Kier molecular flexibility index (Phi) is 2.96. The molecule has 1 aromatic carbocycles. The van der Waals surface area contributed by atoms with Gasteiger partial charge in [0.05, 0.1) is 0 Å². The molecule has 1 amide bonds. The minimum atomic E-state index is -0.853. The Morgan fingerprint density at radius 1 is 1.24 bits per heavy atom. The number of benzene rings is 1. The minimum Gasteiger partial charge on any atom is -0.325 e. The van der Waals surface area contributed by atoms with Crippen LogP contribution in [-0.2, 0) is 9.59 Å². The first-order chi connectivity index (χ1) is 8.04. The van der Waals surface area contributed by atoms with E-state index in [4.69, 9.17) is 0 Å². The summed E-state index contributed by atoms with van der Waals surface area (Å²) in [5.41, 5.74) is -0.335. The number of halogens is 1. The van der Waals surface area contributed by atoms with E-state index in [-0.39, 0.29) is 17.5 Å². The zero-order valence-electron chi connectivity index (χ0n) is 9.63. The van der Waals surface area contributed by atoms with Gasteiger partial charge in [-0.2, -0.15) is 0 Å². The highest BCUT2D eigenvalue weighted by Crippen LogP contribution is 2.42. The van der Waals surface area contributed by atoms with E-state index in [2.05, 4.69) is 5.32 Å². The Labute approximate surface area is 99.0 Å². The molecule has 0 radical (unpaired) electrons. The second-order valence-electron chi connectivity index (χ2n) is 4.45. The van der Waals surface area contributed by atoms with Gasteiger partial charge < -0.3 is 5.32 Å². The molecule has 0 heterocycles. The van der Waals surface area contributed by atoms with Gasteiger partial charge in [0.15, 0.2) is 0 Å². The van der Waals surface area contributed by atoms with Crippen molar-refractivity contribution in [3.05, 3.63) is 30.1 Å². The largest absolute Gasteiger partial charge is 0.325 e. The quantitative estimate of drug-likeness (QED) is 0.818. The average Bonchev–Trinajstić information content (AvgIpc) is 2.19. The van der Waals surface area contributed by atoms with Crippen molar-refractivity contribution in [3.63, 3.8) is 0 Å². The molecule has 2 rings (SSSR count). The monoisotopic (exact) mass is 235 g/mol. The van der Waals surface area contributed by atoms with E-state index in [1.807, 2.05) is 0 Å². The predicted octanol–water partition coefficient (Wildman–Crippen LogP) is 2.52. The fourth-order valence-electron chi connectivity index (χ4n) is 2.05. The SMILES string of the molecule is CC(=O)C1(C(=O)Nc2ccc(F)cc2)CCC1. The van der Waals surface area contributed by atoms with Crippen molar-refractivity contribution in [1.82, 2.24) is 0 Å². The van der Waals surface area contributed by atoms with Crippen LogP contribution < -0.4 is 5.32 Å². The number of carbonyl (C=O) groups is 2. The van der Waals surface area contributed by atoms with E-state index in [9.17, 15) is 14.0 Å². The molecular formula is C13H14FNO2. The van der Waals surface area contributed by atoms with Gasteiger partial charge in [0.1, 0.15) is 17.0 Å². The van der Waals surface area contributed by atoms with Crippen molar-refractivity contribution in [2.45, 2.75) is 26.2 Å². The van der Waals surface area contributed by atoms with E-state index in [1.54, 1.807) is 0 Å². The summed E-state index contributed by atoms with van der Waals surface area (Å²) in [6.45, 7) is 1.45. The summed E-state index contributed by atoms with van der Waals surface area (Å²) in [6.07, 6.45) is 2.11. The molecule has 0 unspecified atom stereocenters. The van der Waals surface area contributed by atoms with Crippen molar-refractivity contribution in [3.8, 4) is 0 Å². The zero-order chi connectivity index (χ0) is 12.5. The highest BCUT2D eigenvalue weighted by Gasteiger charge is 2.48. The maximum atomic E-state index is 12.7. The lowest BCUT2D eigenvalue weighted by Gasteiger charge is -2.37. The Hall–Kier alpha value is -1.71. The number of hydrogen-bond donors (Lipinski definition) is 1. The molecule has 1 N–H and O–H groups in total. The van der Waals surface area contributed by atoms with Crippen LogP contribution in [0.5, 0.6) is 0 Å². The van der Waals surface area contributed by atoms with Gasteiger partial charge in [-0.3, -0.25) is 9.59 Å². The molecule has 0 aliphatic heterocycles. The van der Waals surface area contributed by atoms with Gasteiger partial charge in [-0.1, -0.05) is 6.42 Å². The van der Waals surface area contributed by atoms with Crippen LogP contribution in [0.25, 0.3) is 0 Å². The number of rotatable bonds is 3. The minimum absolute atomic E-state index is 0.0941. The molecule has 0 bridgehead atoms. The molecule has 0 saturated heterocycles. The number of ketones is 1. The van der Waals surface area contributed by atoms with Crippen LogP contribution in [0.4, 0.5) is 10.1 Å². The van der Waals surface area contributed by atoms with E-state index in [1.165, 1.54) is 31.2 Å². The lowest BCUT2D eigenvalue weighted by molar-refractivity contribution is -0.143. The molecule has 1 aliphatic carbocycles. The second kappa shape index (κ2) is 4.28. The van der Waals surface area contributed by atoms with Crippen LogP contribution in [0.1, 0.15) is 26.2 Å². The van der Waals surface area contributed by atoms with Gasteiger partial charge in [0.2, 0.25) is 5.91 Å². The van der Waals surface area contributed by atoms with Crippen molar-refractivity contribution in [2.75, 3.05) is 5.32 Å². The molecule has 0 aromatic heterocycles. The number of anilines is 1. The van der Waals surface area contributed by atoms with Crippen molar-refractivity contribution >= 4 is 17.4 Å². The van der Waals surface area contributed by atoms with Gasteiger partial charge >= 0.3 is 0 Å². The molecule has 1 aliphatic rings. The standard InChI is InChI=1S/C13H14FNO2/c1-9(16)13(7-2-8-13)12(17)15-11-5-3-10(14)4-6-11/h3-6H,2,7-8H2,1H3,(H,15,17). The normalized spacial score (nSPS) is 17.1.